The van der Waals surface area contributed by atoms with E-state index in [0.717, 1.165) is 13.0 Å². The highest BCUT2D eigenvalue weighted by Gasteiger charge is 2.22. The van der Waals surface area contributed by atoms with Gasteiger partial charge < -0.3 is 10.4 Å². The van der Waals surface area contributed by atoms with E-state index < -0.39 is 0 Å². The van der Waals surface area contributed by atoms with Gasteiger partial charge >= 0.3 is 0 Å². The molecule has 0 aliphatic carbocycles. The van der Waals surface area contributed by atoms with Gasteiger partial charge in [-0.3, -0.25) is 0 Å². The summed E-state index contributed by atoms with van der Waals surface area (Å²) in [6.45, 7) is 7.65. The Bertz CT molecular complexity index is 351. The first kappa shape index (κ1) is 14.9. The number of aliphatic hydroxyl groups excluding tert-OH is 1. The molecule has 1 atom stereocenters. The van der Waals surface area contributed by atoms with Crippen molar-refractivity contribution >= 4 is 6.08 Å². The molecule has 1 aromatic carbocycles. The normalized spacial score (nSPS) is 14.0. The molecule has 0 spiro atoms. The Morgan fingerprint density at radius 1 is 1.22 bits per heavy atom. The van der Waals surface area contributed by atoms with Crippen molar-refractivity contribution in [3.8, 4) is 0 Å². The molecule has 0 saturated heterocycles. The maximum atomic E-state index is 9.08. The molecule has 1 rings (SSSR count). The third kappa shape index (κ3) is 5.48. The molecule has 0 aliphatic heterocycles. The van der Waals surface area contributed by atoms with Gasteiger partial charge in [0.15, 0.2) is 0 Å². The summed E-state index contributed by atoms with van der Waals surface area (Å²) in [6, 6.07) is 10.6. The van der Waals surface area contributed by atoms with Crippen LogP contribution >= 0.6 is 0 Å². The van der Waals surface area contributed by atoms with Crippen molar-refractivity contribution in [2.24, 2.45) is 5.41 Å². The molecule has 18 heavy (non-hydrogen) atoms. The summed E-state index contributed by atoms with van der Waals surface area (Å²) in [6.07, 6.45) is 5.04. The Morgan fingerprint density at radius 3 is 2.44 bits per heavy atom. The van der Waals surface area contributed by atoms with E-state index in [-0.39, 0.29) is 12.0 Å². The molecule has 2 N–H and O–H groups in total. The molecule has 1 unspecified atom stereocenters. The van der Waals surface area contributed by atoms with Crippen LogP contribution in [0.4, 0.5) is 0 Å². The summed E-state index contributed by atoms with van der Waals surface area (Å²) in [5.41, 5.74) is 1.39. The summed E-state index contributed by atoms with van der Waals surface area (Å²) in [5, 5.41) is 12.6. The number of aliphatic hydroxyl groups is 1. The van der Waals surface area contributed by atoms with Crippen molar-refractivity contribution in [1.82, 2.24) is 5.32 Å². The minimum Gasteiger partial charge on any atom is -0.396 e. The van der Waals surface area contributed by atoms with Crippen LogP contribution in [-0.2, 0) is 0 Å². The lowest BCUT2D eigenvalue weighted by atomic mass is 9.85. The number of nitrogens with one attached hydrogen (secondary N) is 1. The molecule has 0 aromatic heterocycles. The van der Waals surface area contributed by atoms with Crippen LogP contribution in [0.25, 0.3) is 6.08 Å². The summed E-state index contributed by atoms with van der Waals surface area (Å²) in [4.78, 5) is 0. The molecule has 1 aromatic rings. The molecule has 100 valence electrons. The molecular weight excluding hydrogens is 222 g/mol. The average molecular weight is 247 g/mol. The number of hydrogen-bond donors (Lipinski definition) is 2. The SMILES string of the molecule is CC(C)(C)C(CCO)NC/C=C/c1ccccc1. The Balaban J connectivity index is 2.42. The Labute approximate surface area is 111 Å². The van der Waals surface area contributed by atoms with Gasteiger partial charge in [0.1, 0.15) is 0 Å². The Kier molecular flexibility index (Phi) is 6.10. The van der Waals surface area contributed by atoms with Crippen LogP contribution in [0.3, 0.4) is 0 Å². The lowest BCUT2D eigenvalue weighted by molar-refractivity contribution is 0.201. The van der Waals surface area contributed by atoms with Gasteiger partial charge in [-0.2, -0.15) is 0 Å². The van der Waals surface area contributed by atoms with Gasteiger partial charge in [-0.05, 0) is 17.4 Å². The zero-order valence-electron chi connectivity index (χ0n) is 11.7. The first-order chi connectivity index (χ1) is 8.54. The van der Waals surface area contributed by atoms with E-state index in [2.05, 4.69) is 50.4 Å². The minimum atomic E-state index is 0.170. The van der Waals surface area contributed by atoms with Crippen LogP contribution in [0.1, 0.15) is 32.8 Å². The second kappa shape index (κ2) is 7.34. The predicted molar refractivity (Wildman–Crippen MR) is 78.4 cm³/mol. The average Bonchev–Trinajstić information content (AvgIpc) is 2.33. The monoisotopic (exact) mass is 247 g/mol. The van der Waals surface area contributed by atoms with Crippen LogP contribution in [0.5, 0.6) is 0 Å². The van der Waals surface area contributed by atoms with Crippen molar-refractivity contribution in [3.63, 3.8) is 0 Å². The fraction of sp³-hybridized carbons (Fsp3) is 0.500. The van der Waals surface area contributed by atoms with Crippen LogP contribution in [0.15, 0.2) is 36.4 Å². The smallest absolute Gasteiger partial charge is 0.0446 e. The van der Waals surface area contributed by atoms with E-state index in [1.807, 2.05) is 18.2 Å². The van der Waals surface area contributed by atoms with Gasteiger partial charge in [-0.25, -0.2) is 0 Å². The van der Waals surface area contributed by atoms with Gasteiger partial charge in [0, 0.05) is 19.2 Å². The second-order valence-corrected chi connectivity index (χ2v) is 5.65. The van der Waals surface area contributed by atoms with Crippen LogP contribution < -0.4 is 5.32 Å². The predicted octanol–water partition coefficient (Wildman–Crippen LogP) is 3.09. The molecular formula is C16H25NO. The van der Waals surface area contributed by atoms with Crippen molar-refractivity contribution in [2.75, 3.05) is 13.2 Å². The van der Waals surface area contributed by atoms with Gasteiger partial charge in [0.25, 0.3) is 0 Å². The maximum Gasteiger partial charge on any atom is 0.0446 e. The van der Waals surface area contributed by atoms with Crippen molar-refractivity contribution in [3.05, 3.63) is 42.0 Å². The third-order valence-electron chi connectivity index (χ3n) is 3.06. The van der Waals surface area contributed by atoms with Gasteiger partial charge in [0.05, 0.1) is 0 Å². The van der Waals surface area contributed by atoms with Gasteiger partial charge in [-0.15, -0.1) is 0 Å². The highest BCUT2D eigenvalue weighted by molar-refractivity contribution is 5.48. The van der Waals surface area contributed by atoms with Crippen molar-refractivity contribution < 1.29 is 5.11 Å². The molecule has 0 amide bonds. The molecule has 0 bridgehead atoms. The Hall–Kier alpha value is -1.12. The molecule has 0 radical (unpaired) electrons. The van der Waals surface area contributed by atoms with Crippen molar-refractivity contribution in [1.29, 1.82) is 0 Å². The number of hydrogen-bond acceptors (Lipinski definition) is 2. The fourth-order valence-electron chi connectivity index (χ4n) is 1.94. The van der Waals surface area contributed by atoms with Crippen molar-refractivity contribution in [2.45, 2.75) is 33.2 Å². The van der Waals surface area contributed by atoms with E-state index in [1.54, 1.807) is 0 Å². The summed E-state index contributed by atoms with van der Waals surface area (Å²) < 4.78 is 0. The summed E-state index contributed by atoms with van der Waals surface area (Å²) >= 11 is 0. The molecule has 0 heterocycles. The van der Waals surface area contributed by atoms with Crippen LogP contribution in [0.2, 0.25) is 0 Å². The molecule has 2 nitrogen and oxygen atoms in total. The van der Waals surface area contributed by atoms with Gasteiger partial charge in [-0.1, -0.05) is 63.3 Å². The lowest BCUT2D eigenvalue weighted by Crippen LogP contribution is -2.41. The fourth-order valence-corrected chi connectivity index (χ4v) is 1.94. The molecule has 0 aliphatic rings. The zero-order valence-corrected chi connectivity index (χ0v) is 11.7. The van der Waals surface area contributed by atoms with Gasteiger partial charge in [0.2, 0.25) is 0 Å². The number of benzene rings is 1. The third-order valence-corrected chi connectivity index (χ3v) is 3.06. The second-order valence-electron chi connectivity index (χ2n) is 5.65. The standard InChI is InChI=1S/C16H25NO/c1-16(2,3)15(11-13-18)17-12-7-10-14-8-5-4-6-9-14/h4-10,15,17-18H,11-13H2,1-3H3/b10-7+. The highest BCUT2D eigenvalue weighted by atomic mass is 16.3. The summed E-state index contributed by atoms with van der Waals surface area (Å²) in [5.74, 6) is 0. The van der Waals surface area contributed by atoms with E-state index in [9.17, 15) is 0 Å². The zero-order chi connectivity index (χ0) is 13.4. The largest absolute Gasteiger partial charge is 0.396 e. The molecule has 2 heteroatoms. The van der Waals surface area contributed by atoms with E-state index in [0.29, 0.717) is 6.04 Å². The first-order valence-electron chi connectivity index (χ1n) is 6.60. The topological polar surface area (TPSA) is 32.3 Å². The molecule has 0 saturated carbocycles. The van der Waals surface area contributed by atoms with Crippen LogP contribution in [0, 0.1) is 5.41 Å². The quantitative estimate of drug-likeness (QED) is 0.809. The Morgan fingerprint density at radius 2 is 1.89 bits per heavy atom. The first-order valence-corrected chi connectivity index (χ1v) is 6.60. The van der Waals surface area contributed by atoms with E-state index in [1.165, 1.54) is 5.56 Å². The minimum absolute atomic E-state index is 0.170. The highest BCUT2D eigenvalue weighted by Crippen LogP contribution is 2.21. The van der Waals surface area contributed by atoms with E-state index >= 15 is 0 Å². The van der Waals surface area contributed by atoms with E-state index in [4.69, 9.17) is 5.11 Å². The lowest BCUT2D eigenvalue weighted by Gasteiger charge is -2.31. The van der Waals surface area contributed by atoms with Crippen LogP contribution in [-0.4, -0.2) is 24.3 Å². The molecule has 0 fully saturated rings. The maximum absolute atomic E-state index is 9.08. The summed E-state index contributed by atoms with van der Waals surface area (Å²) in [7, 11) is 0. The number of rotatable bonds is 6.